The van der Waals surface area contributed by atoms with Crippen LogP contribution in [0, 0.1) is 5.92 Å². The summed E-state index contributed by atoms with van der Waals surface area (Å²) in [5.41, 5.74) is 0.890. The summed E-state index contributed by atoms with van der Waals surface area (Å²) in [7, 11) is 1.96. The number of benzene rings is 1. The Balaban J connectivity index is 1.54. The van der Waals surface area contributed by atoms with Gasteiger partial charge in [-0.15, -0.1) is 0 Å². The number of ether oxygens (including phenoxy) is 1. The Kier molecular flexibility index (Phi) is 6.52. The van der Waals surface area contributed by atoms with E-state index in [0.29, 0.717) is 25.6 Å². The number of nitrogens with one attached hydrogen (secondary N) is 1. The van der Waals surface area contributed by atoms with Crippen molar-refractivity contribution in [2.75, 3.05) is 33.4 Å². The summed E-state index contributed by atoms with van der Waals surface area (Å²) in [4.78, 5) is 6.54. The van der Waals surface area contributed by atoms with Crippen LogP contribution in [-0.4, -0.2) is 55.4 Å². The largest absolute Gasteiger partial charge is 0.459 e. The van der Waals surface area contributed by atoms with Gasteiger partial charge in [0.1, 0.15) is 11.3 Å². The highest BCUT2D eigenvalue weighted by molar-refractivity contribution is 5.80. The second-order valence-corrected chi connectivity index (χ2v) is 6.94. The maximum Gasteiger partial charge on any atom is 0.194 e. The third-order valence-corrected chi connectivity index (χ3v) is 4.38. The third-order valence-electron chi connectivity index (χ3n) is 4.38. The molecule has 0 amide bonds. The first-order valence-corrected chi connectivity index (χ1v) is 9.38. The maximum atomic E-state index is 10.1. The lowest BCUT2D eigenvalue weighted by Crippen LogP contribution is -2.39. The monoisotopic (exact) mass is 359 g/mol. The summed E-state index contributed by atoms with van der Waals surface area (Å²) in [6, 6.07) is 10.0. The number of hydrogen-bond acceptors (Lipinski definition) is 4. The minimum atomic E-state index is -0.581. The van der Waals surface area contributed by atoms with Crippen LogP contribution in [0.25, 0.3) is 11.0 Å². The Hall–Kier alpha value is -2.05. The van der Waals surface area contributed by atoms with E-state index in [0.717, 1.165) is 35.8 Å². The number of aliphatic imine (C=N–C) groups is 1. The highest BCUT2D eigenvalue weighted by Gasteiger charge is 2.21. The number of guanidine groups is 1. The highest BCUT2D eigenvalue weighted by atomic mass is 16.5. The zero-order valence-corrected chi connectivity index (χ0v) is 15.6. The molecular formula is C20H29N3O3. The van der Waals surface area contributed by atoms with Crippen molar-refractivity contribution in [3.63, 3.8) is 0 Å². The quantitative estimate of drug-likeness (QED) is 0.532. The van der Waals surface area contributed by atoms with Crippen molar-refractivity contribution >= 4 is 16.9 Å². The van der Waals surface area contributed by atoms with Gasteiger partial charge in [-0.1, -0.05) is 18.2 Å². The number of fused-ring (bicyclic) bond motifs is 1. The van der Waals surface area contributed by atoms with E-state index in [1.54, 1.807) is 0 Å². The van der Waals surface area contributed by atoms with E-state index in [4.69, 9.17) is 9.15 Å². The van der Waals surface area contributed by atoms with E-state index in [-0.39, 0.29) is 0 Å². The molecule has 1 unspecified atom stereocenters. The summed E-state index contributed by atoms with van der Waals surface area (Å²) in [5.74, 6) is 2.33. The molecule has 0 bridgehead atoms. The van der Waals surface area contributed by atoms with Crippen LogP contribution >= 0.6 is 0 Å². The van der Waals surface area contributed by atoms with Gasteiger partial charge in [-0.05, 0) is 37.8 Å². The lowest BCUT2D eigenvalue weighted by atomic mass is 10.2. The number of hydrogen-bond donors (Lipinski definition) is 2. The molecule has 1 aliphatic carbocycles. The molecule has 2 N–H and O–H groups in total. The van der Waals surface area contributed by atoms with E-state index in [1.165, 1.54) is 12.8 Å². The number of nitrogens with zero attached hydrogens (tertiary/aromatic N) is 2. The lowest BCUT2D eigenvalue weighted by Gasteiger charge is -2.21. The minimum Gasteiger partial charge on any atom is -0.459 e. The minimum absolute atomic E-state index is 0.317. The van der Waals surface area contributed by atoms with Gasteiger partial charge >= 0.3 is 0 Å². The second-order valence-electron chi connectivity index (χ2n) is 6.94. The predicted octanol–water partition coefficient (Wildman–Crippen LogP) is 2.62. The van der Waals surface area contributed by atoms with Crippen LogP contribution in [0.1, 0.15) is 25.5 Å². The molecule has 0 spiro atoms. The number of furan rings is 1. The molecule has 2 aromatic rings. The molecule has 3 rings (SSSR count). The normalized spacial score (nSPS) is 16.0. The van der Waals surface area contributed by atoms with Crippen molar-refractivity contribution < 1.29 is 14.3 Å². The first-order valence-electron chi connectivity index (χ1n) is 9.38. The third kappa shape index (κ3) is 5.47. The van der Waals surface area contributed by atoms with Gasteiger partial charge in [-0.2, -0.15) is 0 Å². The number of rotatable bonds is 9. The fraction of sp³-hybridized carbons (Fsp3) is 0.550. The van der Waals surface area contributed by atoms with Gasteiger partial charge in [0.15, 0.2) is 5.96 Å². The van der Waals surface area contributed by atoms with Gasteiger partial charge in [0, 0.05) is 25.6 Å². The highest BCUT2D eigenvalue weighted by Crippen LogP contribution is 2.28. The molecule has 1 atom stereocenters. The topological polar surface area (TPSA) is 70.2 Å². The molecule has 1 fully saturated rings. The number of para-hydroxylation sites is 1. The molecule has 1 saturated carbocycles. The van der Waals surface area contributed by atoms with Gasteiger partial charge in [0.25, 0.3) is 0 Å². The Morgan fingerprint density at radius 2 is 2.23 bits per heavy atom. The molecule has 0 radical (unpaired) electrons. The Morgan fingerprint density at radius 1 is 1.42 bits per heavy atom. The molecule has 0 aliphatic heterocycles. The van der Waals surface area contributed by atoms with Crippen molar-refractivity contribution in [2.24, 2.45) is 10.9 Å². The Bertz CT molecular complexity index is 691. The fourth-order valence-electron chi connectivity index (χ4n) is 2.79. The molecule has 1 heterocycles. The van der Waals surface area contributed by atoms with Crippen LogP contribution < -0.4 is 5.32 Å². The average Bonchev–Trinajstić information content (AvgIpc) is 3.36. The Morgan fingerprint density at radius 3 is 2.96 bits per heavy atom. The van der Waals surface area contributed by atoms with Crippen LogP contribution in [0.4, 0.5) is 0 Å². The van der Waals surface area contributed by atoms with E-state index >= 15 is 0 Å². The van der Waals surface area contributed by atoms with E-state index in [2.05, 4.69) is 16.4 Å². The van der Waals surface area contributed by atoms with E-state index in [1.807, 2.05) is 43.1 Å². The average molecular weight is 359 g/mol. The second kappa shape index (κ2) is 9.05. The van der Waals surface area contributed by atoms with Crippen LogP contribution in [0.2, 0.25) is 0 Å². The summed E-state index contributed by atoms with van der Waals surface area (Å²) >= 11 is 0. The van der Waals surface area contributed by atoms with Crippen molar-refractivity contribution in [3.8, 4) is 0 Å². The molecule has 1 aromatic carbocycles. The lowest BCUT2D eigenvalue weighted by molar-refractivity contribution is 0.0367. The smallest absolute Gasteiger partial charge is 0.194 e. The van der Waals surface area contributed by atoms with E-state index in [9.17, 15) is 5.11 Å². The van der Waals surface area contributed by atoms with Crippen LogP contribution in [0.15, 0.2) is 39.7 Å². The number of aliphatic hydroxyl groups is 1. The molecule has 142 valence electrons. The van der Waals surface area contributed by atoms with Crippen LogP contribution in [-0.2, 0) is 11.3 Å². The Labute approximate surface area is 154 Å². The molecule has 6 heteroatoms. The van der Waals surface area contributed by atoms with Crippen molar-refractivity contribution in [2.45, 2.75) is 32.4 Å². The SMILES string of the molecule is CCNC(=NCC(O)COCC1CC1)N(C)Cc1cc2ccccc2o1. The van der Waals surface area contributed by atoms with Gasteiger partial charge in [0.2, 0.25) is 0 Å². The number of aliphatic hydroxyl groups excluding tert-OH is 1. The van der Waals surface area contributed by atoms with Crippen molar-refractivity contribution in [1.82, 2.24) is 10.2 Å². The standard InChI is InChI=1S/C20H29N3O3/c1-3-21-20(22-11-17(24)14-25-13-15-8-9-15)23(2)12-18-10-16-6-4-5-7-19(16)26-18/h4-7,10,15,17,24H,3,8-9,11-14H2,1-2H3,(H,21,22). The van der Waals surface area contributed by atoms with Crippen molar-refractivity contribution in [1.29, 1.82) is 0 Å². The maximum absolute atomic E-state index is 10.1. The summed E-state index contributed by atoms with van der Waals surface area (Å²) < 4.78 is 11.4. The van der Waals surface area contributed by atoms with Crippen LogP contribution in [0.5, 0.6) is 0 Å². The van der Waals surface area contributed by atoms with Gasteiger partial charge < -0.3 is 24.5 Å². The zero-order valence-electron chi connectivity index (χ0n) is 15.6. The first kappa shape index (κ1) is 18.7. The van der Waals surface area contributed by atoms with Gasteiger partial charge in [-0.3, -0.25) is 4.99 Å². The first-order chi connectivity index (χ1) is 12.7. The van der Waals surface area contributed by atoms with Gasteiger partial charge in [0.05, 0.1) is 25.8 Å². The van der Waals surface area contributed by atoms with Gasteiger partial charge in [-0.25, -0.2) is 0 Å². The summed E-state index contributed by atoms with van der Waals surface area (Å²) in [6.07, 6.45) is 1.93. The predicted molar refractivity (Wildman–Crippen MR) is 103 cm³/mol. The summed E-state index contributed by atoms with van der Waals surface area (Å²) in [5, 5.41) is 14.4. The molecule has 6 nitrogen and oxygen atoms in total. The van der Waals surface area contributed by atoms with Crippen molar-refractivity contribution in [3.05, 3.63) is 36.1 Å². The summed E-state index contributed by atoms with van der Waals surface area (Å²) in [6.45, 7) is 4.81. The molecule has 26 heavy (non-hydrogen) atoms. The van der Waals surface area contributed by atoms with Crippen LogP contribution in [0.3, 0.4) is 0 Å². The zero-order chi connectivity index (χ0) is 18.4. The molecule has 1 aliphatic rings. The van der Waals surface area contributed by atoms with E-state index < -0.39 is 6.10 Å². The fourth-order valence-corrected chi connectivity index (χ4v) is 2.79. The molecule has 1 aromatic heterocycles. The molecule has 0 saturated heterocycles. The molecular weight excluding hydrogens is 330 g/mol.